The Hall–Kier alpha value is -2.73. The Labute approximate surface area is 165 Å². The van der Waals surface area contributed by atoms with Crippen LogP contribution in [0.25, 0.3) is 0 Å². The molecule has 1 heterocycles. The minimum Gasteiger partial charge on any atom is -0.495 e. The number of anilines is 3. The van der Waals surface area contributed by atoms with Gasteiger partial charge in [0.15, 0.2) is 0 Å². The molecule has 148 valence electrons. The second kappa shape index (κ2) is 8.52. The number of methoxy groups -OCH3 is 1. The number of nitrogens with one attached hydrogen (secondary N) is 3. The highest BCUT2D eigenvalue weighted by atomic mass is 16.5. The molecule has 0 unspecified atom stereocenters. The van der Waals surface area contributed by atoms with E-state index < -0.39 is 0 Å². The summed E-state index contributed by atoms with van der Waals surface area (Å²) in [5, 5.41) is 9.42. The van der Waals surface area contributed by atoms with Crippen LogP contribution in [0, 0.1) is 0 Å². The molecule has 2 aromatic carbocycles. The first kappa shape index (κ1) is 18.6. The highest BCUT2D eigenvalue weighted by Crippen LogP contribution is 2.36. The van der Waals surface area contributed by atoms with Crippen LogP contribution in [0.1, 0.15) is 30.4 Å². The molecule has 1 aliphatic heterocycles. The zero-order valence-corrected chi connectivity index (χ0v) is 16.2. The van der Waals surface area contributed by atoms with E-state index in [1.807, 2.05) is 30.3 Å². The highest BCUT2D eigenvalue weighted by molar-refractivity contribution is 6.01. The lowest BCUT2D eigenvalue weighted by Crippen LogP contribution is -2.27. The number of amides is 2. The van der Waals surface area contributed by atoms with E-state index in [-0.39, 0.29) is 6.03 Å². The fourth-order valence-electron chi connectivity index (χ4n) is 3.96. The van der Waals surface area contributed by atoms with Gasteiger partial charge in [0.05, 0.1) is 12.8 Å². The zero-order chi connectivity index (χ0) is 19.3. The number of hydrogen-bond acceptors (Lipinski definition) is 4. The molecule has 28 heavy (non-hydrogen) atoms. The second-order valence-electron chi connectivity index (χ2n) is 7.32. The van der Waals surface area contributed by atoms with Gasteiger partial charge in [0, 0.05) is 30.6 Å². The number of hydrogen-bond donors (Lipinski definition) is 3. The van der Waals surface area contributed by atoms with E-state index in [9.17, 15) is 4.79 Å². The average Bonchev–Trinajstić information content (AvgIpc) is 3.20. The molecule has 6 heteroatoms. The SMILES string of the molecule is COc1ccc2c(c1NC(=O)Nc1ccc(NC3CCOCC3)cc1)CCC2. The van der Waals surface area contributed by atoms with Crippen molar-refractivity contribution in [1.29, 1.82) is 0 Å². The van der Waals surface area contributed by atoms with Crippen LogP contribution in [0.15, 0.2) is 36.4 Å². The smallest absolute Gasteiger partial charge is 0.323 e. The molecule has 6 nitrogen and oxygen atoms in total. The summed E-state index contributed by atoms with van der Waals surface area (Å²) in [7, 11) is 1.63. The maximum Gasteiger partial charge on any atom is 0.323 e. The Morgan fingerprint density at radius 2 is 1.75 bits per heavy atom. The number of rotatable bonds is 5. The van der Waals surface area contributed by atoms with Crippen LogP contribution in [-0.2, 0) is 17.6 Å². The van der Waals surface area contributed by atoms with Gasteiger partial charge in [0.1, 0.15) is 5.75 Å². The predicted molar refractivity (Wildman–Crippen MR) is 112 cm³/mol. The molecular formula is C22H27N3O3. The Kier molecular flexibility index (Phi) is 5.67. The average molecular weight is 381 g/mol. The first-order valence-electron chi connectivity index (χ1n) is 9.94. The van der Waals surface area contributed by atoms with Crippen molar-refractivity contribution < 1.29 is 14.3 Å². The van der Waals surface area contributed by atoms with E-state index in [0.29, 0.717) is 11.8 Å². The monoisotopic (exact) mass is 381 g/mol. The minimum absolute atomic E-state index is 0.260. The first-order chi connectivity index (χ1) is 13.7. The lowest BCUT2D eigenvalue weighted by molar-refractivity contribution is 0.0904. The summed E-state index contributed by atoms with van der Waals surface area (Å²) >= 11 is 0. The third-order valence-corrected chi connectivity index (χ3v) is 5.44. The van der Waals surface area contributed by atoms with Crippen LogP contribution >= 0.6 is 0 Å². The fraction of sp³-hybridized carbons (Fsp3) is 0.409. The molecule has 2 amide bonds. The molecule has 0 atom stereocenters. The van der Waals surface area contributed by atoms with Gasteiger partial charge in [-0.2, -0.15) is 0 Å². The van der Waals surface area contributed by atoms with E-state index in [4.69, 9.17) is 9.47 Å². The van der Waals surface area contributed by atoms with Gasteiger partial charge in [-0.15, -0.1) is 0 Å². The summed E-state index contributed by atoms with van der Waals surface area (Å²) in [6, 6.07) is 12.0. The molecule has 0 radical (unpaired) electrons. The van der Waals surface area contributed by atoms with E-state index in [1.165, 1.54) is 11.1 Å². The highest BCUT2D eigenvalue weighted by Gasteiger charge is 2.20. The van der Waals surface area contributed by atoms with Crippen LogP contribution in [0.4, 0.5) is 21.9 Å². The largest absolute Gasteiger partial charge is 0.495 e. The predicted octanol–water partition coefficient (Wildman–Crippen LogP) is 4.42. The molecule has 0 aromatic heterocycles. The summed E-state index contributed by atoms with van der Waals surface area (Å²) in [4.78, 5) is 12.5. The van der Waals surface area contributed by atoms with Crippen molar-refractivity contribution in [3.63, 3.8) is 0 Å². The van der Waals surface area contributed by atoms with Crippen LogP contribution in [-0.4, -0.2) is 32.4 Å². The summed E-state index contributed by atoms with van der Waals surface area (Å²) in [5.74, 6) is 0.701. The number of ether oxygens (including phenoxy) is 2. The van der Waals surface area contributed by atoms with Gasteiger partial charge in [-0.25, -0.2) is 4.79 Å². The van der Waals surface area contributed by atoms with Crippen molar-refractivity contribution in [2.45, 2.75) is 38.1 Å². The molecule has 1 saturated heterocycles. The molecule has 1 fully saturated rings. The topological polar surface area (TPSA) is 71.6 Å². The van der Waals surface area contributed by atoms with Crippen molar-refractivity contribution in [1.82, 2.24) is 0 Å². The van der Waals surface area contributed by atoms with Gasteiger partial charge in [-0.3, -0.25) is 0 Å². The Balaban J connectivity index is 1.38. The van der Waals surface area contributed by atoms with Crippen molar-refractivity contribution in [3.05, 3.63) is 47.5 Å². The Morgan fingerprint density at radius 3 is 2.50 bits per heavy atom. The van der Waals surface area contributed by atoms with E-state index >= 15 is 0 Å². The number of aryl methyl sites for hydroxylation is 1. The molecule has 4 rings (SSSR count). The normalized spacial score (nSPS) is 16.3. The molecule has 0 saturated carbocycles. The summed E-state index contributed by atoms with van der Waals surface area (Å²) in [6.45, 7) is 1.62. The minimum atomic E-state index is -0.260. The molecule has 2 aromatic rings. The molecule has 1 aliphatic carbocycles. The number of carbonyl (C=O) groups excluding carboxylic acids is 1. The van der Waals surface area contributed by atoms with Crippen molar-refractivity contribution in [2.24, 2.45) is 0 Å². The molecular weight excluding hydrogens is 354 g/mol. The Morgan fingerprint density at radius 1 is 1.00 bits per heavy atom. The van der Waals surface area contributed by atoms with Gasteiger partial charge < -0.3 is 25.4 Å². The van der Waals surface area contributed by atoms with Crippen molar-refractivity contribution >= 4 is 23.1 Å². The second-order valence-corrected chi connectivity index (χ2v) is 7.32. The van der Waals surface area contributed by atoms with Crippen LogP contribution in [0.2, 0.25) is 0 Å². The van der Waals surface area contributed by atoms with Crippen molar-refractivity contribution in [2.75, 3.05) is 36.3 Å². The Bertz CT molecular complexity index is 830. The summed E-state index contributed by atoms with van der Waals surface area (Å²) < 4.78 is 10.8. The summed E-state index contributed by atoms with van der Waals surface area (Å²) in [5.41, 5.74) is 5.07. The number of benzene rings is 2. The lowest BCUT2D eigenvalue weighted by Gasteiger charge is -2.24. The molecule has 2 aliphatic rings. The standard InChI is InChI=1S/C22H27N3O3/c1-27-20-10-5-15-3-2-4-19(15)21(20)25-22(26)24-17-8-6-16(7-9-17)23-18-11-13-28-14-12-18/h5-10,18,23H,2-4,11-14H2,1H3,(H2,24,25,26). The van der Waals surface area contributed by atoms with Crippen LogP contribution < -0.4 is 20.7 Å². The quantitative estimate of drug-likeness (QED) is 0.717. The van der Waals surface area contributed by atoms with E-state index in [0.717, 1.165) is 62.4 Å². The number of carbonyl (C=O) groups is 1. The first-order valence-corrected chi connectivity index (χ1v) is 9.94. The van der Waals surface area contributed by atoms with Crippen LogP contribution in [0.5, 0.6) is 5.75 Å². The maximum absolute atomic E-state index is 12.5. The number of urea groups is 1. The van der Waals surface area contributed by atoms with Gasteiger partial charge in [0.2, 0.25) is 0 Å². The third-order valence-electron chi connectivity index (χ3n) is 5.44. The third kappa shape index (κ3) is 4.22. The van der Waals surface area contributed by atoms with Crippen molar-refractivity contribution in [3.8, 4) is 5.75 Å². The lowest BCUT2D eigenvalue weighted by atomic mass is 10.1. The maximum atomic E-state index is 12.5. The molecule has 0 bridgehead atoms. The summed E-state index contributed by atoms with van der Waals surface area (Å²) in [6.07, 6.45) is 5.17. The molecule has 3 N–H and O–H groups in total. The van der Waals surface area contributed by atoms with E-state index in [1.54, 1.807) is 7.11 Å². The van der Waals surface area contributed by atoms with Gasteiger partial charge >= 0.3 is 6.03 Å². The number of fused-ring (bicyclic) bond motifs is 1. The molecule has 0 spiro atoms. The van der Waals surface area contributed by atoms with Gasteiger partial charge in [-0.05, 0) is 73.6 Å². The zero-order valence-electron chi connectivity index (χ0n) is 16.2. The van der Waals surface area contributed by atoms with E-state index in [2.05, 4.69) is 22.0 Å². The van der Waals surface area contributed by atoms with Gasteiger partial charge in [-0.1, -0.05) is 6.07 Å². The van der Waals surface area contributed by atoms with Gasteiger partial charge in [0.25, 0.3) is 0 Å². The van der Waals surface area contributed by atoms with Crippen LogP contribution in [0.3, 0.4) is 0 Å². The fourth-order valence-corrected chi connectivity index (χ4v) is 3.96.